The molecule has 1 fully saturated rings. The van der Waals surface area contributed by atoms with Crippen molar-refractivity contribution in [2.75, 3.05) is 6.54 Å². The molecule has 1 aromatic carbocycles. The van der Waals surface area contributed by atoms with Crippen molar-refractivity contribution in [3.63, 3.8) is 0 Å². The van der Waals surface area contributed by atoms with Crippen LogP contribution in [0.3, 0.4) is 0 Å². The molecule has 1 aromatic rings. The van der Waals surface area contributed by atoms with E-state index >= 15 is 0 Å². The molecule has 1 saturated heterocycles. The van der Waals surface area contributed by atoms with Crippen LogP contribution in [-0.2, 0) is 6.54 Å². The van der Waals surface area contributed by atoms with Gasteiger partial charge in [0.25, 0.3) is 0 Å². The molecule has 4 heteroatoms. The highest BCUT2D eigenvalue weighted by Crippen LogP contribution is 2.21. The number of likely N-dealkylation sites (tertiary alicyclic amines) is 1. The van der Waals surface area contributed by atoms with Gasteiger partial charge in [-0.2, -0.15) is 5.26 Å². The van der Waals surface area contributed by atoms with Crippen LogP contribution in [0.2, 0.25) is 5.02 Å². The van der Waals surface area contributed by atoms with Gasteiger partial charge in [-0.05, 0) is 37.9 Å². The van der Waals surface area contributed by atoms with Crippen molar-refractivity contribution in [1.29, 1.82) is 5.26 Å². The van der Waals surface area contributed by atoms with E-state index in [-0.39, 0.29) is 11.9 Å². The van der Waals surface area contributed by atoms with Crippen LogP contribution in [0.4, 0.5) is 4.39 Å². The van der Waals surface area contributed by atoms with Gasteiger partial charge in [0, 0.05) is 17.1 Å². The maximum Gasteiger partial charge on any atom is 0.129 e. The fourth-order valence-corrected chi connectivity index (χ4v) is 2.35. The Labute approximate surface area is 106 Å². The summed E-state index contributed by atoms with van der Waals surface area (Å²) in [6.07, 6.45) is 3.04. The Morgan fingerprint density at radius 1 is 1.47 bits per heavy atom. The summed E-state index contributed by atoms with van der Waals surface area (Å²) in [4.78, 5) is 2.04. The van der Waals surface area contributed by atoms with Gasteiger partial charge in [-0.1, -0.05) is 17.7 Å². The molecule has 2 nitrogen and oxygen atoms in total. The zero-order valence-electron chi connectivity index (χ0n) is 9.50. The maximum atomic E-state index is 13.6. The predicted octanol–water partition coefficient (Wildman–Crippen LogP) is 3.36. The maximum absolute atomic E-state index is 13.6. The number of piperidine rings is 1. The standard InChI is InChI=1S/C13H14ClFN2/c14-11-5-4-10(13(15)7-11)9-17-6-2-1-3-12(17)8-16/h4-5,7,12H,1-3,6,9H2. The summed E-state index contributed by atoms with van der Waals surface area (Å²) in [5.74, 6) is -0.292. The molecule has 1 heterocycles. The predicted molar refractivity (Wildman–Crippen MR) is 65.1 cm³/mol. The third-order valence-corrected chi connectivity index (χ3v) is 3.39. The van der Waals surface area contributed by atoms with Crippen molar-refractivity contribution >= 4 is 11.6 Å². The van der Waals surface area contributed by atoms with Crippen LogP contribution in [0.15, 0.2) is 18.2 Å². The van der Waals surface area contributed by atoms with Crippen molar-refractivity contribution < 1.29 is 4.39 Å². The van der Waals surface area contributed by atoms with E-state index in [1.807, 2.05) is 4.90 Å². The fourth-order valence-electron chi connectivity index (χ4n) is 2.20. The third-order valence-electron chi connectivity index (χ3n) is 3.15. The number of nitrogens with zero attached hydrogens (tertiary/aromatic N) is 2. The van der Waals surface area contributed by atoms with Crippen molar-refractivity contribution in [2.45, 2.75) is 31.8 Å². The molecule has 90 valence electrons. The first-order valence-electron chi connectivity index (χ1n) is 5.78. The molecule has 0 amide bonds. The Hall–Kier alpha value is -1.11. The molecule has 1 atom stereocenters. The zero-order chi connectivity index (χ0) is 12.3. The lowest BCUT2D eigenvalue weighted by Crippen LogP contribution is -2.38. The lowest BCUT2D eigenvalue weighted by atomic mass is 10.0. The van der Waals surface area contributed by atoms with Crippen molar-refractivity contribution in [2.24, 2.45) is 0 Å². The quantitative estimate of drug-likeness (QED) is 0.807. The lowest BCUT2D eigenvalue weighted by Gasteiger charge is -2.31. The highest BCUT2D eigenvalue weighted by Gasteiger charge is 2.22. The van der Waals surface area contributed by atoms with E-state index in [1.165, 1.54) is 6.07 Å². The van der Waals surface area contributed by atoms with Gasteiger partial charge >= 0.3 is 0 Å². The van der Waals surface area contributed by atoms with Gasteiger partial charge in [0.05, 0.1) is 12.1 Å². The van der Waals surface area contributed by atoms with Crippen molar-refractivity contribution in [1.82, 2.24) is 4.90 Å². The largest absolute Gasteiger partial charge is 0.284 e. The second-order valence-corrected chi connectivity index (χ2v) is 4.78. The second kappa shape index (κ2) is 5.48. The minimum Gasteiger partial charge on any atom is -0.284 e. The summed E-state index contributed by atoms with van der Waals surface area (Å²) < 4.78 is 13.6. The minimum absolute atomic E-state index is 0.0844. The van der Waals surface area contributed by atoms with Crippen molar-refractivity contribution in [3.8, 4) is 6.07 Å². The summed E-state index contributed by atoms with van der Waals surface area (Å²) >= 11 is 5.71. The number of rotatable bonds is 2. The summed E-state index contributed by atoms with van der Waals surface area (Å²) in [5, 5.41) is 9.45. The Bertz CT molecular complexity index is 442. The molecule has 2 rings (SSSR count). The Balaban J connectivity index is 2.11. The van der Waals surface area contributed by atoms with Gasteiger partial charge in [-0.3, -0.25) is 4.90 Å². The van der Waals surface area contributed by atoms with E-state index in [0.29, 0.717) is 17.1 Å². The number of halogens is 2. The lowest BCUT2D eigenvalue weighted by molar-refractivity contribution is 0.174. The average molecular weight is 253 g/mol. The molecular formula is C13H14ClFN2. The van der Waals surface area contributed by atoms with Gasteiger partial charge in [0.15, 0.2) is 0 Å². The van der Waals surface area contributed by atoms with Crippen LogP contribution in [0, 0.1) is 17.1 Å². The van der Waals surface area contributed by atoms with Gasteiger partial charge in [0.1, 0.15) is 5.82 Å². The van der Waals surface area contributed by atoms with Crippen LogP contribution in [0.25, 0.3) is 0 Å². The number of benzene rings is 1. The van der Waals surface area contributed by atoms with E-state index in [4.69, 9.17) is 16.9 Å². The molecule has 1 aliphatic heterocycles. The molecule has 0 radical (unpaired) electrons. The SMILES string of the molecule is N#CC1CCCCN1Cc1ccc(Cl)cc1F. The first kappa shape index (κ1) is 12.3. The number of nitriles is 1. The molecule has 17 heavy (non-hydrogen) atoms. The van der Waals surface area contributed by atoms with Crippen LogP contribution in [0.5, 0.6) is 0 Å². The fraction of sp³-hybridized carbons (Fsp3) is 0.462. The van der Waals surface area contributed by atoms with E-state index < -0.39 is 0 Å². The molecule has 1 aliphatic rings. The molecule has 0 saturated carbocycles. The Morgan fingerprint density at radius 2 is 2.29 bits per heavy atom. The van der Waals surface area contributed by atoms with Crippen LogP contribution in [-0.4, -0.2) is 17.5 Å². The van der Waals surface area contributed by atoms with Crippen LogP contribution < -0.4 is 0 Å². The normalized spacial score (nSPS) is 21.1. The van der Waals surface area contributed by atoms with Gasteiger partial charge in [0.2, 0.25) is 0 Å². The summed E-state index contributed by atoms with van der Waals surface area (Å²) in [6.45, 7) is 1.35. The Kier molecular flexibility index (Phi) is 3.98. The molecule has 0 bridgehead atoms. The number of hydrogen-bond donors (Lipinski definition) is 0. The summed E-state index contributed by atoms with van der Waals surface area (Å²) in [7, 11) is 0. The molecule has 0 spiro atoms. The third kappa shape index (κ3) is 2.96. The molecule has 1 unspecified atom stereocenters. The topological polar surface area (TPSA) is 27.0 Å². The average Bonchev–Trinajstić information content (AvgIpc) is 2.33. The van der Waals surface area contributed by atoms with Crippen molar-refractivity contribution in [3.05, 3.63) is 34.6 Å². The highest BCUT2D eigenvalue weighted by atomic mass is 35.5. The van der Waals surface area contributed by atoms with E-state index in [1.54, 1.807) is 12.1 Å². The first-order valence-corrected chi connectivity index (χ1v) is 6.16. The van der Waals surface area contributed by atoms with E-state index in [2.05, 4.69) is 6.07 Å². The molecule has 0 aliphatic carbocycles. The zero-order valence-corrected chi connectivity index (χ0v) is 10.3. The van der Waals surface area contributed by atoms with E-state index in [9.17, 15) is 4.39 Å². The van der Waals surface area contributed by atoms with Gasteiger partial charge in [-0.15, -0.1) is 0 Å². The van der Waals surface area contributed by atoms with Gasteiger partial charge < -0.3 is 0 Å². The van der Waals surface area contributed by atoms with Crippen LogP contribution >= 0.6 is 11.6 Å². The smallest absolute Gasteiger partial charge is 0.129 e. The molecule has 0 aromatic heterocycles. The monoisotopic (exact) mass is 252 g/mol. The summed E-state index contributed by atoms with van der Waals surface area (Å²) in [6, 6.07) is 6.90. The highest BCUT2D eigenvalue weighted by molar-refractivity contribution is 6.30. The Morgan fingerprint density at radius 3 is 3.00 bits per heavy atom. The molecular weight excluding hydrogens is 239 g/mol. The second-order valence-electron chi connectivity index (χ2n) is 4.35. The van der Waals surface area contributed by atoms with E-state index in [0.717, 1.165) is 25.8 Å². The summed E-state index contributed by atoms with van der Waals surface area (Å²) in [5.41, 5.74) is 0.608. The van der Waals surface area contributed by atoms with Gasteiger partial charge in [-0.25, -0.2) is 4.39 Å². The van der Waals surface area contributed by atoms with Crippen LogP contribution in [0.1, 0.15) is 24.8 Å². The first-order chi connectivity index (χ1) is 8.20. The molecule has 0 N–H and O–H groups in total. The minimum atomic E-state index is -0.292. The number of hydrogen-bond acceptors (Lipinski definition) is 2.